The van der Waals surface area contributed by atoms with Crippen LogP contribution in [0.1, 0.15) is 37.1 Å². The van der Waals surface area contributed by atoms with E-state index < -0.39 is 5.41 Å². The Bertz CT molecular complexity index is 2290. The van der Waals surface area contributed by atoms with Crippen LogP contribution in [0.15, 0.2) is 200 Å². The van der Waals surface area contributed by atoms with E-state index in [-0.39, 0.29) is 0 Å². The first-order chi connectivity index (χ1) is 24.6. The van der Waals surface area contributed by atoms with Gasteiger partial charge >= 0.3 is 0 Å². The van der Waals surface area contributed by atoms with Crippen molar-refractivity contribution in [3.05, 3.63) is 217 Å². The van der Waals surface area contributed by atoms with Crippen LogP contribution in [0.5, 0.6) is 0 Å². The summed E-state index contributed by atoms with van der Waals surface area (Å²) in [5, 5.41) is 0. The van der Waals surface area contributed by atoms with E-state index in [4.69, 9.17) is 4.98 Å². The van der Waals surface area contributed by atoms with E-state index in [1.165, 1.54) is 44.5 Å². The molecule has 4 aromatic carbocycles. The van der Waals surface area contributed by atoms with Crippen molar-refractivity contribution in [1.29, 1.82) is 0 Å². The minimum atomic E-state index is -0.489. The second-order valence-corrected chi connectivity index (χ2v) is 12.6. The number of benzene rings is 4. The van der Waals surface area contributed by atoms with E-state index in [2.05, 4.69) is 178 Å². The SMILES string of the molecule is C=C/C=C\C(=C/C)C1(C2=CC=CCC=C2)c2ccccc2-c2c(-c3cccc(-c4cc(/C(C=C)=C/C)nc(-c5ccccc5)c4)c3)cccc21. The van der Waals surface area contributed by atoms with Crippen LogP contribution in [0.2, 0.25) is 0 Å². The minimum absolute atomic E-state index is 0.489. The summed E-state index contributed by atoms with van der Waals surface area (Å²) in [7, 11) is 0. The van der Waals surface area contributed by atoms with Crippen LogP contribution in [0.4, 0.5) is 0 Å². The highest BCUT2D eigenvalue weighted by atomic mass is 14.7. The molecule has 0 fully saturated rings. The van der Waals surface area contributed by atoms with Gasteiger partial charge in [-0.05, 0) is 99.7 Å². The summed E-state index contributed by atoms with van der Waals surface area (Å²) in [5.41, 5.74) is 15.7. The molecule has 0 bridgehead atoms. The molecule has 0 N–H and O–H groups in total. The van der Waals surface area contributed by atoms with Crippen molar-refractivity contribution in [2.24, 2.45) is 0 Å². The first-order valence-corrected chi connectivity index (χ1v) is 17.3. The second kappa shape index (κ2) is 14.2. The summed E-state index contributed by atoms with van der Waals surface area (Å²) < 4.78 is 0. The number of nitrogens with zero attached hydrogens (tertiary/aromatic N) is 1. The summed E-state index contributed by atoms with van der Waals surface area (Å²) in [6.45, 7) is 12.3. The largest absolute Gasteiger partial charge is 0.248 e. The predicted octanol–water partition coefficient (Wildman–Crippen LogP) is 13.1. The van der Waals surface area contributed by atoms with Crippen molar-refractivity contribution in [1.82, 2.24) is 4.98 Å². The number of rotatable bonds is 9. The Labute approximate surface area is 297 Å². The molecule has 1 nitrogen and oxygen atoms in total. The fourth-order valence-electron chi connectivity index (χ4n) is 7.63. The molecule has 0 saturated carbocycles. The number of hydrogen-bond donors (Lipinski definition) is 0. The monoisotopic (exact) mass is 643 g/mol. The number of pyridine rings is 1. The Morgan fingerprint density at radius 1 is 0.700 bits per heavy atom. The quantitative estimate of drug-likeness (QED) is 0.146. The third-order valence-electron chi connectivity index (χ3n) is 9.87. The van der Waals surface area contributed by atoms with E-state index in [9.17, 15) is 0 Å². The maximum absolute atomic E-state index is 5.06. The lowest BCUT2D eigenvalue weighted by atomic mass is 9.66. The zero-order valence-electron chi connectivity index (χ0n) is 28.8. The van der Waals surface area contributed by atoms with Crippen LogP contribution in [-0.2, 0) is 5.41 Å². The molecule has 0 saturated heterocycles. The van der Waals surface area contributed by atoms with Gasteiger partial charge in [0.2, 0.25) is 0 Å². The van der Waals surface area contributed by atoms with Crippen LogP contribution in [0.25, 0.3) is 50.2 Å². The Kier molecular flexibility index (Phi) is 9.23. The lowest BCUT2D eigenvalue weighted by Gasteiger charge is -2.35. The summed E-state index contributed by atoms with van der Waals surface area (Å²) in [5.74, 6) is 0. The molecular formula is C49H41N. The van der Waals surface area contributed by atoms with Crippen molar-refractivity contribution < 1.29 is 0 Å². The van der Waals surface area contributed by atoms with Crippen molar-refractivity contribution in [3.63, 3.8) is 0 Å². The number of allylic oxidation sites excluding steroid dienone is 14. The highest BCUT2D eigenvalue weighted by molar-refractivity contribution is 5.96. The van der Waals surface area contributed by atoms with Crippen molar-refractivity contribution in [2.75, 3.05) is 0 Å². The molecule has 7 rings (SSSR count). The number of fused-ring (bicyclic) bond motifs is 3. The van der Waals surface area contributed by atoms with Gasteiger partial charge in [0.25, 0.3) is 0 Å². The van der Waals surface area contributed by atoms with Gasteiger partial charge in [0.1, 0.15) is 0 Å². The fraction of sp³-hybridized carbons (Fsp3) is 0.0816. The van der Waals surface area contributed by atoms with E-state index in [1.54, 1.807) is 0 Å². The molecule has 1 aromatic heterocycles. The van der Waals surface area contributed by atoms with Gasteiger partial charge in [0.05, 0.1) is 16.8 Å². The zero-order chi connectivity index (χ0) is 34.5. The smallest absolute Gasteiger partial charge is 0.0715 e. The first-order valence-electron chi connectivity index (χ1n) is 17.3. The van der Waals surface area contributed by atoms with Gasteiger partial charge < -0.3 is 0 Å². The highest BCUT2D eigenvalue weighted by Gasteiger charge is 2.47. The Morgan fingerprint density at radius 3 is 2.24 bits per heavy atom. The lowest BCUT2D eigenvalue weighted by Crippen LogP contribution is -2.29. The topological polar surface area (TPSA) is 12.9 Å². The summed E-state index contributed by atoms with van der Waals surface area (Å²) in [6.07, 6.45) is 24.6. The van der Waals surface area contributed by atoms with Crippen molar-refractivity contribution in [3.8, 4) is 44.6 Å². The molecule has 5 aromatic rings. The van der Waals surface area contributed by atoms with Crippen LogP contribution < -0.4 is 0 Å². The fourth-order valence-corrected chi connectivity index (χ4v) is 7.63. The molecule has 0 aliphatic heterocycles. The van der Waals surface area contributed by atoms with Crippen molar-refractivity contribution in [2.45, 2.75) is 25.7 Å². The van der Waals surface area contributed by atoms with Gasteiger partial charge in [0, 0.05) is 5.56 Å². The van der Waals surface area contributed by atoms with Gasteiger partial charge in [-0.3, -0.25) is 0 Å². The highest BCUT2D eigenvalue weighted by Crippen LogP contribution is 2.59. The average Bonchev–Trinajstić information content (AvgIpc) is 3.28. The molecular weight excluding hydrogens is 603 g/mol. The predicted molar refractivity (Wildman–Crippen MR) is 215 cm³/mol. The Hall–Kier alpha value is -6.05. The van der Waals surface area contributed by atoms with Gasteiger partial charge in [-0.1, -0.05) is 171 Å². The van der Waals surface area contributed by atoms with Crippen LogP contribution in [0.3, 0.4) is 0 Å². The summed E-state index contributed by atoms with van der Waals surface area (Å²) in [6, 6.07) is 39.5. The molecule has 1 heteroatoms. The van der Waals surface area contributed by atoms with Crippen LogP contribution in [0, 0.1) is 0 Å². The third kappa shape index (κ3) is 5.61. The Balaban J connectivity index is 1.47. The molecule has 1 heterocycles. The van der Waals surface area contributed by atoms with Gasteiger partial charge in [-0.2, -0.15) is 0 Å². The van der Waals surface area contributed by atoms with Crippen molar-refractivity contribution >= 4 is 5.57 Å². The van der Waals surface area contributed by atoms with Crippen LogP contribution in [-0.4, -0.2) is 4.98 Å². The first kappa shape index (κ1) is 32.5. The average molecular weight is 644 g/mol. The van der Waals surface area contributed by atoms with Gasteiger partial charge in [-0.25, -0.2) is 4.98 Å². The normalized spacial score (nSPS) is 16.9. The Morgan fingerprint density at radius 2 is 1.44 bits per heavy atom. The maximum Gasteiger partial charge on any atom is 0.0715 e. The van der Waals surface area contributed by atoms with E-state index in [1.807, 2.05) is 25.1 Å². The van der Waals surface area contributed by atoms with Crippen LogP contribution >= 0.6 is 0 Å². The number of hydrogen-bond acceptors (Lipinski definition) is 1. The molecule has 0 radical (unpaired) electrons. The maximum atomic E-state index is 5.06. The molecule has 0 spiro atoms. The zero-order valence-corrected chi connectivity index (χ0v) is 28.8. The minimum Gasteiger partial charge on any atom is -0.248 e. The standard InChI is InChI=1S/C49H41N/c1-5-9-25-40(8-4)49(41-26-15-10-11-16-27-41)44-30-18-17-28-43(44)48-42(29-20-31-45(48)49)38-24-19-23-37(32-38)39-33-46(35(6-2)7-3)50-47(34-39)36-21-13-12-14-22-36/h5-10,12-34H,1-2,11H2,3-4H3/b25-9-,35-7+,40-8+. The number of aromatic nitrogens is 1. The van der Waals surface area contributed by atoms with E-state index >= 15 is 0 Å². The molecule has 1 unspecified atom stereocenters. The lowest BCUT2D eigenvalue weighted by molar-refractivity contribution is 0.764. The molecule has 2 aliphatic carbocycles. The molecule has 242 valence electrons. The molecule has 50 heavy (non-hydrogen) atoms. The third-order valence-corrected chi connectivity index (χ3v) is 9.87. The molecule has 1 atom stereocenters. The summed E-state index contributed by atoms with van der Waals surface area (Å²) in [4.78, 5) is 5.06. The molecule has 2 aliphatic rings. The van der Waals surface area contributed by atoms with E-state index in [0.717, 1.165) is 40.1 Å². The van der Waals surface area contributed by atoms with Gasteiger partial charge in [0.15, 0.2) is 0 Å². The van der Waals surface area contributed by atoms with E-state index in [0.29, 0.717) is 0 Å². The molecule has 0 amide bonds. The second-order valence-electron chi connectivity index (χ2n) is 12.6. The summed E-state index contributed by atoms with van der Waals surface area (Å²) >= 11 is 0. The van der Waals surface area contributed by atoms with Gasteiger partial charge in [-0.15, -0.1) is 0 Å².